The monoisotopic (exact) mass is 367 g/mol. The number of amides is 1. The Labute approximate surface area is 158 Å². The zero-order valence-electron chi connectivity index (χ0n) is 14.7. The Bertz CT molecular complexity index is 871. The van der Waals surface area contributed by atoms with Gasteiger partial charge < -0.3 is 10.1 Å². The first-order chi connectivity index (χ1) is 12.6. The smallest absolute Gasteiger partial charge is 0.223 e. The summed E-state index contributed by atoms with van der Waals surface area (Å²) in [6.45, 7) is 2.85. The van der Waals surface area contributed by atoms with E-state index in [4.69, 9.17) is 16.3 Å². The van der Waals surface area contributed by atoms with Crippen molar-refractivity contribution >= 4 is 28.3 Å². The first-order valence-electron chi connectivity index (χ1n) is 8.76. The lowest BCUT2D eigenvalue weighted by Gasteiger charge is -2.14. The van der Waals surface area contributed by atoms with Crippen LogP contribution < -0.4 is 10.1 Å². The van der Waals surface area contributed by atoms with E-state index in [0.717, 1.165) is 5.75 Å². The highest BCUT2D eigenvalue weighted by atomic mass is 35.5. The summed E-state index contributed by atoms with van der Waals surface area (Å²) in [6.07, 6.45) is 0.714. The van der Waals surface area contributed by atoms with Gasteiger partial charge in [-0.25, -0.2) is 0 Å². The second-order valence-electron chi connectivity index (χ2n) is 6.34. The molecule has 0 heterocycles. The van der Waals surface area contributed by atoms with E-state index >= 15 is 0 Å². The molecule has 0 saturated heterocycles. The van der Waals surface area contributed by atoms with Crippen molar-refractivity contribution in [2.45, 2.75) is 13.3 Å². The van der Waals surface area contributed by atoms with Crippen LogP contribution in [0.3, 0.4) is 0 Å². The summed E-state index contributed by atoms with van der Waals surface area (Å²) in [7, 11) is 0. The van der Waals surface area contributed by atoms with Crippen molar-refractivity contribution < 1.29 is 9.53 Å². The van der Waals surface area contributed by atoms with E-state index in [9.17, 15) is 4.79 Å². The highest BCUT2D eigenvalue weighted by Crippen LogP contribution is 2.21. The van der Waals surface area contributed by atoms with Crippen LogP contribution in [-0.2, 0) is 11.2 Å². The van der Waals surface area contributed by atoms with Crippen molar-refractivity contribution in [3.05, 3.63) is 77.3 Å². The van der Waals surface area contributed by atoms with E-state index < -0.39 is 0 Å². The molecule has 3 aromatic rings. The molecular weight excluding hydrogens is 346 g/mol. The second kappa shape index (κ2) is 8.72. The van der Waals surface area contributed by atoms with E-state index in [1.807, 2.05) is 37.3 Å². The van der Waals surface area contributed by atoms with Crippen LogP contribution in [0.5, 0.6) is 5.75 Å². The lowest BCUT2D eigenvalue weighted by Crippen LogP contribution is -2.33. The van der Waals surface area contributed by atoms with Crippen molar-refractivity contribution in [3.63, 3.8) is 0 Å². The Hall–Kier alpha value is -2.52. The standard InChI is InChI=1S/C22H22ClNO2/c1-16(15-18-7-4-6-17-5-2-3-8-21(17)18)22(25)24-13-14-26-20-11-9-19(23)10-12-20/h2-12,16H,13-15H2,1H3,(H,24,25)/t16-/m0/s1. The van der Waals surface area contributed by atoms with Gasteiger partial charge in [-0.15, -0.1) is 0 Å². The van der Waals surface area contributed by atoms with Crippen molar-refractivity contribution in [2.24, 2.45) is 5.92 Å². The predicted molar refractivity (Wildman–Crippen MR) is 107 cm³/mol. The third kappa shape index (κ3) is 4.77. The van der Waals surface area contributed by atoms with Crippen LogP contribution >= 0.6 is 11.6 Å². The Morgan fingerprint density at radius 2 is 1.77 bits per heavy atom. The molecule has 1 N–H and O–H groups in total. The largest absolute Gasteiger partial charge is 0.492 e. The van der Waals surface area contributed by atoms with Crippen LogP contribution in [-0.4, -0.2) is 19.1 Å². The highest BCUT2D eigenvalue weighted by Gasteiger charge is 2.14. The number of nitrogens with one attached hydrogen (secondary N) is 1. The van der Waals surface area contributed by atoms with Gasteiger partial charge in [-0.2, -0.15) is 0 Å². The zero-order valence-corrected chi connectivity index (χ0v) is 15.5. The molecule has 0 saturated carbocycles. The van der Waals surface area contributed by atoms with Crippen molar-refractivity contribution in [1.82, 2.24) is 5.32 Å². The first kappa shape index (κ1) is 18.3. The van der Waals surface area contributed by atoms with Gasteiger partial charge in [0.1, 0.15) is 12.4 Å². The number of benzene rings is 3. The quantitative estimate of drug-likeness (QED) is 0.605. The summed E-state index contributed by atoms with van der Waals surface area (Å²) >= 11 is 5.84. The van der Waals surface area contributed by atoms with Crippen molar-refractivity contribution in [3.8, 4) is 5.75 Å². The number of carbonyl (C=O) groups excluding carboxylic acids is 1. The molecular formula is C22H22ClNO2. The molecule has 26 heavy (non-hydrogen) atoms. The third-order valence-electron chi connectivity index (χ3n) is 4.34. The van der Waals surface area contributed by atoms with Gasteiger partial charge in [0.15, 0.2) is 0 Å². The number of carbonyl (C=O) groups is 1. The van der Waals surface area contributed by atoms with Gasteiger partial charge in [0.05, 0.1) is 6.54 Å². The minimum absolute atomic E-state index is 0.0395. The summed E-state index contributed by atoms with van der Waals surface area (Å²) < 4.78 is 5.59. The highest BCUT2D eigenvalue weighted by molar-refractivity contribution is 6.30. The van der Waals surface area contributed by atoms with Gasteiger partial charge in [-0.05, 0) is 47.0 Å². The topological polar surface area (TPSA) is 38.3 Å². The first-order valence-corrected chi connectivity index (χ1v) is 9.14. The lowest BCUT2D eigenvalue weighted by atomic mass is 9.95. The zero-order chi connectivity index (χ0) is 18.4. The van der Waals surface area contributed by atoms with Crippen LogP contribution in [0.1, 0.15) is 12.5 Å². The molecule has 0 aliphatic rings. The van der Waals surface area contributed by atoms with Gasteiger partial charge >= 0.3 is 0 Å². The van der Waals surface area contributed by atoms with Crippen molar-refractivity contribution in [2.75, 3.05) is 13.2 Å². The van der Waals surface area contributed by atoms with E-state index in [1.165, 1.54) is 16.3 Å². The molecule has 0 bridgehead atoms. The van der Waals surface area contributed by atoms with Gasteiger partial charge in [0.2, 0.25) is 5.91 Å². The molecule has 0 aliphatic heterocycles. The van der Waals surface area contributed by atoms with Gasteiger partial charge in [-0.1, -0.05) is 61.0 Å². The number of ether oxygens (including phenoxy) is 1. The fourth-order valence-corrected chi connectivity index (χ4v) is 3.07. The van der Waals surface area contributed by atoms with E-state index in [1.54, 1.807) is 12.1 Å². The fourth-order valence-electron chi connectivity index (χ4n) is 2.94. The molecule has 0 unspecified atom stereocenters. The van der Waals surface area contributed by atoms with Gasteiger partial charge in [0, 0.05) is 10.9 Å². The average Bonchev–Trinajstić information content (AvgIpc) is 2.66. The number of hydrogen-bond donors (Lipinski definition) is 1. The maximum Gasteiger partial charge on any atom is 0.223 e. The minimum atomic E-state index is -0.101. The number of halogens is 1. The Balaban J connectivity index is 1.49. The minimum Gasteiger partial charge on any atom is -0.492 e. The summed E-state index contributed by atoms with van der Waals surface area (Å²) in [4.78, 5) is 12.4. The molecule has 0 aromatic heterocycles. The molecule has 1 atom stereocenters. The summed E-state index contributed by atoms with van der Waals surface area (Å²) in [6, 6.07) is 21.7. The van der Waals surface area contributed by atoms with Crippen LogP contribution in [0.4, 0.5) is 0 Å². The number of rotatable bonds is 7. The summed E-state index contributed by atoms with van der Waals surface area (Å²) in [5, 5.41) is 6.03. The molecule has 0 spiro atoms. The van der Waals surface area contributed by atoms with Crippen LogP contribution in [0.15, 0.2) is 66.7 Å². The van der Waals surface area contributed by atoms with E-state index in [2.05, 4.69) is 29.6 Å². The number of fused-ring (bicyclic) bond motifs is 1. The number of hydrogen-bond acceptors (Lipinski definition) is 2. The van der Waals surface area contributed by atoms with Crippen LogP contribution in [0.25, 0.3) is 10.8 Å². The molecule has 3 aromatic carbocycles. The average molecular weight is 368 g/mol. The Morgan fingerprint density at radius 1 is 1.04 bits per heavy atom. The molecule has 0 fully saturated rings. The summed E-state index contributed by atoms with van der Waals surface area (Å²) in [5.74, 6) is 0.682. The lowest BCUT2D eigenvalue weighted by molar-refractivity contribution is -0.124. The molecule has 4 heteroatoms. The molecule has 1 amide bonds. The Morgan fingerprint density at radius 3 is 2.58 bits per heavy atom. The van der Waals surface area contributed by atoms with Crippen LogP contribution in [0.2, 0.25) is 5.02 Å². The summed E-state index contributed by atoms with van der Waals surface area (Å²) in [5.41, 5.74) is 1.20. The molecule has 0 radical (unpaired) electrons. The van der Waals surface area contributed by atoms with Crippen LogP contribution in [0, 0.1) is 5.92 Å². The van der Waals surface area contributed by atoms with E-state index in [-0.39, 0.29) is 11.8 Å². The maximum atomic E-state index is 12.4. The third-order valence-corrected chi connectivity index (χ3v) is 4.59. The van der Waals surface area contributed by atoms with Crippen molar-refractivity contribution in [1.29, 1.82) is 0 Å². The molecule has 134 valence electrons. The SMILES string of the molecule is C[C@@H](Cc1cccc2ccccc12)C(=O)NCCOc1ccc(Cl)cc1. The second-order valence-corrected chi connectivity index (χ2v) is 6.77. The van der Waals surface area contributed by atoms with Gasteiger partial charge in [-0.3, -0.25) is 4.79 Å². The molecule has 0 aliphatic carbocycles. The maximum absolute atomic E-state index is 12.4. The van der Waals surface area contributed by atoms with Gasteiger partial charge in [0.25, 0.3) is 0 Å². The molecule has 3 nitrogen and oxygen atoms in total. The predicted octanol–water partition coefficient (Wildman–Crippen LogP) is 4.87. The Kier molecular flexibility index (Phi) is 6.13. The fraction of sp³-hybridized carbons (Fsp3) is 0.227. The normalized spacial score (nSPS) is 11.9. The van der Waals surface area contributed by atoms with E-state index in [0.29, 0.717) is 24.6 Å². The molecule has 3 rings (SSSR count).